The zero-order chi connectivity index (χ0) is 27.5. The Morgan fingerprint density at radius 3 is 2.30 bits per heavy atom. The molecule has 0 spiro atoms. The predicted octanol–water partition coefficient (Wildman–Crippen LogP) is 5.68. The summed E-state index contributed by atoms with van der Waals surface area (Å²) >= 11 is 1.48. The largest absolute Gasteiger partial charge is 0.348 e. The van der Waals surface area contributed by atoms with Gasteiger partial charge in [0.2, 0.25) is 0 Å². The molecule has 1 unspecified atom stereocenters. The number of hydrogen-bond acceptors (Lipinski definition) is 7. The van der Waals surface area contributed by atoms with Crippen molar-refractivity contribution in [1.82, 2.24) is 30.0 Å². The van der Waals surface area contributed by atoms with E-state index in [1.54, 1.807) is 0 Å². The van der Waals surface area contributed by atoms with Gasteiger partial charge in [-0.2, -0.15) is 4.99 Å². The molecule has 1 saturated carbocycles. The van der Waals surface area contributed by atoms with Crippen molar-refractivity contribution < 1.29 is 4.79 Å². The predicted molar refractivity (Wildman–Crippen MR) is 160 cm³/mol. The summed E-state index contributed by atoms with van der Waals surface area (Å²) in [5.41, 5.74) is 3.57. The zero-order valence-electron chi connectivity index (χ0n) is 23.3. The third kappa shape index (κ3) is 5.76. The lowest BCUT2D eigenvalue weighted by molar-refractivity contribution is -0.113. The molecule has 6 rings (SSSR count). The number of nitrogens with zero attached hydrogens (tertiary/aromatic N) is 7. The molecule has 0 radical (unpaired) electrons. The van der Waals surface area contributed by atoms with Crippen LogP contribution in [0.5, 0.6) is 0 Å². The van der Waals surface area contributed by atoms with Crippen LogP contribution in [-0.2, 0) is 4.79 Å². The molecule has 9 heteroatoms. The summed E-state index contributed by atoms with van der Waals surface area (Å²) in [7, 11) is 0. The fourth-order valence-electron chi connectivity index (χ4n) is 5.96. The first-order valence-electron chi connectivity index (χ1n) is 14.5. The first kappa shape index (κ1) is 26.9. The van der Waals surface area contributed by atoms with E-state index >= 15 is 0 Å². The fraction of sp³-hybridized carbons (Fsp3) is 0.452. The van der Waals surface area contributed by atoms with Crippen LogP contribution in [0.4, 0.5) is 0 Å². The Morgan fingerprint density at radius 1 is 0.900 bits per heavy atom. The number of benzene rings is 2. The minimum atomic E-state index is -0.152. The first-order valence-corrected chi connectivity index (χ1v) is 15.3. The van der Waals surface area contributed by atoms with E-state index in [1.807, 2.05) is 36.4 Å². The maximum Gasteiger partial charge on any atom is 0.286 e. The van der Waals surface area contributed by atoms with Crippen LogP contribution < -0.4 is 0 Å². The normalized spacial score (nSPS) is 20.9. The van der Waals surface area contributed by atoms with Gasteiger partial charge in [-0.1, -0.05) is 87.7 Å². The second-order valence-corrected chi connectivity index (χ2v) is 12.3. The van der Waals surface area contributed by atoms with Crippen molar-refractivity contribution in [3.63, 3.8) is 0 Å². The second-order valence-electron chi connectivity index (χ2n) is 11.2. The maximum absolute atomic E-state index is 12.7. The first-order chi connectivity index (χ1) is 19.6. The fourth-order valence-corrected chi connectivity index (χ4v) is 6.92. The van der Waals surface area contributed by atoms with E-state index in [1.165, 1.54) is 42.2 Å². The molecule has 1 aromatic heterocycles. The number of amides is 1. The number of carbonyl (C=O) groups excluding carboxylic acids is 1. The van der Waals surface area contributed by atoms with Crippen LogP contribution in [0.25, 0.3) is 6.08 Å². The summed E-state index contributed by atoms with van der Waals surface area (Å²) in [6, 6.07) is 19.3. The lowest BCUT2D eigenvalue weighted by atomic mass is 9.94. The third-order valence-corrected chi connectivity index (χ3v) is 9.30. The molecule has 1 amide bonds. The Labute approximate surface area is 240 Å². The monoisotopic (exact) mass is 555 g/mol. The maximum atomic E-state index is 12.7. The van der Waals surface area contributed by atoms with E-state index in [9.17, 15) is 4.79 Å². The molecule has 8 nitrogen and oxygen atoms in total. The Bertz CT molecular complexity index is 1370. The number of aliphatic imine (C=N–C) groups is 1. The van der Waals surface area contributed by atoms with Crippen LogP contribution in [0, 0.1) is 0 Å². The van der Waals surface area contributed by atoms with Gasteiger partial charge in [0.25, 0.3) is 5.91 Å². The van der Waals surface area contributed by atoms with Gasteiger partial charge in [-0.3, -0.25) is 9.69 Å². The summed E-state index contributed by atoms with van der Waals surface area (Å²) in [5.74, 6) is 1.27. The van der Waals surface area contributed by atoms with Gasteiger partial charge in [0.1, 0.15) is 0 Å². The molecule has 1 aliphatic carbocycles. The van der Waals surface area contributed by atoms with Gasteiger partial charge in [0.05, 0.1) is 17.0 Å². The van der Waals surface area contributed by atoms with Gasteiger partial charge in [-0.05, 0) is 63.7 Å². The smallest absolute Gasteiger partial charge is 0.286 e. The van der Waals surface area contributed by atoms with Gasteiger partial charge < -0.3 is 4.90 Å². The van der Waals surface area contributed by atoms with Gasteiger partial charge in [-0.25, -0.2) is 4.68 Å². The van der Waals surface area contributed by atoms with Crippen molar-refractivity contribution in [2.75, 3.05) is 26.2 Å². The molecule has 1 atom stereocenters. The Kier molecular flexibility index (Phi) is 8.11. The average Bonchev–Trinajstić information content (AvgIpc) is 3.62. The van der Waals surface area contributed by atoms with E-state index in [0.717, 1.165) is 55.6 Å². The van der Waals surface area contributed by atoms with Crippen LogP contribution in [0.15, 0.2) is 64.5 Å². The number of hydrogen-bond donors (Lipinski definition) is 0. The minimum absolute atomic E-state index is 0.0198. The summed E-state index contributed by atoms with van der Waals surface area (Å²) in [6.07, 6.45) is 7.96. The summed E-state index contributed by atoms with van der Waals surface area (Å²) in [4.78, 5) is 22.5. The summed E-state index contributed by atoms with van der Waals surface area (Å²) in [6.45, 7) is 7.71. The van der Waals surface area contributed by atoms with Crippen molar-refractivity contribution in [3.8, 4) is 0 Å². The number of rotatable bonds is 6. The molecule has 0 N–H and O–H groups in total. The standard InChI is InChI=1S/C31H37N7OS/c1-22(2)24-13-15-25(16-14-24)28(29-33-34-35-38(29)26-11-7-4-8-12-26)36-17-19-37(20-18-36)31-32-30(39)27(40-31)21-23-9-5-3-6-10-23/h3,5-6,9-10,13-16,21-22,26,28H,4,7-8,11-12,17-20H2,1-2H3/b27-21-. The van der Waals surface area contributed by atoms with E-state index in [0.29, 0.717) is 16.9 Å². The van der Waals surface area contributed by atoms with Gasteiger partial charge in [0.15, 0.2) is 11.0 Å². The number of amidine groups is 1. The molecule has 1 saturated heterocycles. The van der Waals surface area contributed by atoms with Crippen molar-refractivity contribution in [2.45, 2.75) is 64.0 Å². The van der Waals surface area contributed by atoms with Crippen molar-refractivity contribution in [1.29, 1.82) is 0 Å². The van der Waals surface area contributed by atoms with Crippen LogP contribution >= 0.6 is 11.8 Å². The minimum Gasteiger partial charge on any atom is -0.348 e. The summed E-state index contributed by atoms with van der Waals surface area (Å²) < 4.78 is 2.11. The molecular weight excluding hydrogens is 518 g/mol. The van der Waals surface area contributed by atoms with Crippen LogP contribution in [0.1, 0.15) is 86.5 Å². The highest BCUT2D eigenvalue weighted by Crippen LogP contribution is 2.35. The van der Waals surface area contributed by atoms with E-state index in [2.05, 4.69) is 73.1 Å². The SMILES string of the molecule is CC(C)c1ccc(C(c2nnnn2C2CCCCC2)N2CCN(C3=NC(=O)/C(=C/c4ccccc4)S3)CC2)cc1. The van der Waals surface area contributed by atoms with Gasteiger partial charge in [0, 0.05) is 26.2 Å². The molecule has 2 fully saturated rings. The van der Waals surface area contributed by atoms with Gasteiger partial charge >= 0.3 is 0 Å². The highest BCUT2D eigenvalue weighted by molar-refractivity contribution is 8.18. The zero-order valence-corrected chi connectivity index (χ0v) is 24.1. The quantitative estimate of drug-likeness (QED) is 0.362. The molecule has 2 aliphatic heterocycles. The highest BCUT2D eigenvalue weighted by Gasteiger charge is 2.35. The Hall–Kier alpha value is -3.30. The molecule has 3 heterocycles. The number of thioether (sulfide) groups is 1. The molecule has 208 valence electrons. The van der Waals surface area contributed by atoms with Crippen molar-refractivity contribution >= 4 is 28.9 Å². The average molecular weight is 556 g/mol. The van der Waals surface area contributed by atoms with Crippen molar-refractivity contribution in [3.05, 3.63) is 82.0 Å². The number of piperazine rings is 1. The topological polar surface area (TPSA) is 79.5 Å². The number of tetrazole rings is 1. The summed E-state index contributed by atoms with van der Waals surface area (Å²) in [5, 5.41) is 14.1. The Morgan fingerprint density at radius 2 is 1.60 bits per heavy atom. The lowest BCUT2D eigenvalue weighted by Gasteiger charge is -2.39. The molecule has 2 aromatic carbocycles. The van der Waals surface area contributed by atoms with E-state index in [4.69, 9.17) is 0 Å². The molecule has 3 aliphatic rings. The lowest BCUT2D eigenvalue weighted by Crippen LogP contribution is -2.49. The molecular formula is C31H37N7OS. The Balaban J connectivity index is 1.21. The van der Waals surface area contributed by atoms with Crippen LogP contribution in [-0.4, -0.2) is 67.3 Å². The molecule has 40 heavy (non-hydrogen) atoms. The molecule has 0 bridgehead atoms. The van der Waals surface area contributed by atoms with Crippen LogP contribution in [0.3, 0.4) is 0 Å². The highest BCUT2D eigenvalue weighted by atomic mass is 32.2. The van der Waals surface area contributed by atoms with Crippen LogP contribution in [0.2, 0.25) is 0 Å². The van der Waals surface area contributed by atoms with Crippen molar-refractivity contribution in [2.24, 2.45) is 4.99 Å². The van der Waals surface area contributed by atoms with E-state index in [-0.39, 0.29) is 11.9 Å². The third-order valence-electron chi connectivity index (χ3n) is 8.26. The number of carbonyl (C=O) groups is 1. The van der Waals surface area contributed by atoms with E-state index < -0.39 is 0 Å². The second kappa shape index (κ2) is 12.1. The van der Waals surface area contributed by atoms with Gasteiger partial charge in [-0.15, -0.1) is 5.10 Å². The number of aromatic nitrogens is 4. The molecule has 3 aromatic rings.